The number of rotatable bonds is 3. The van der Waals surface area contributed by atoms with Crippen LogP contribution in [0.2, 0.25) is 0 Å². The average Bonchev–Trinajstić information content (AvgIpc) is 3.64. The number of para-hydroxylation sites is 1. The molecule has 6 aromatic carbocycles. The zero-order chi connectivity index (χ0) is 27.6. The molecule has 0 saturated carbocycles. The molecule has 42 heavy (non-hydrogen) atoms. The monoisotopic (exact) mass is 539 g/mol. The highest BCUT2D eigenvalue weighted by Crippen LogP contribution is 2.45. The Hall–Kier alpha value is -5.81. The van der Waals surface area contributed by atoms with Gasteiger partial charge in [-0.2, -0.15) is 0 Å². The van der Waals surface area contributed by atoms with Crippen molar-refractivity contribution in [2.24, 2.45) is 0 Å². The summed E-state index contributed by atoms with van der Waals surface area (Å²) in [5.41, 5.74) is 6.09. The summed E-state index contributed by atoms with van der Waals surface area (Å²) < 4.78 is 13.0. The van der Waals surface area contributed by atoms with Gasteiger partial charge in [-0.25, -0.2) is 15.0 Å². The van der Waals surface area contributed by atoms with Gasteiger partial charge in [-0.3, -0.25) is 0 Å². The van der Waals surface area contributed by atoms with Crippen LogP contribution >= 0.6 is 0 Å². The Labute approximate surface area is 239 Å². The molecule has 0 unspecified atom stereocenters. The molecule has 9 rings (SSSR count). The summed E-state index contributed by atoms with van der Waals surface area (Å²) in [6.45, 7) is 0. The van der Waals surface area contributed by atoms with Crippen molar-refractivity contribution in [1.29, 1.82) is 0 Å². The number of hydrogen-bond acceptors (Lipinski definition) is 5. The van der Waals surface area contributed by atoms with E-state index in [2.05, 4.69) is 36.4 Å². The van der Waals surface area contributed by atoms with Crippen molar-refractivity contribution >= 4 is 54.6 Å². The predicted molar refractivity (Wildman–Crippen MR) is 168 cm³/mol. The van der Waals surface area contributed by atoms with Crippen LogP contribution in [-0.2, 0) is 0 Å². The van der Waals surface area contributed by atoms with Gasteiger partial charge in [0, 0.05) is 38.2 Å². The Balaban J connectivity index is 1.35. The molecule has 0 aliphatic rings. The van der Waals surface area contributed by atoms with Gasteiger partial charge in [-0.1, -0.05) is 103 Å². The lowest BCUT2D eigenvalue weighted by molar-refractivity contribution is 0.665. The van der Waals surface area contributed by atoms with E-state index in [4.69, 9.17) is 23.8 Å². The molecule has 0 aliphatic carbocycles. The predicted octanol–water partition coefficient (Wildman–Crippen LogP) is 9.82. The molecular formula is C37H21N3O2. The topological polar surface area (TPSA) is 65.0 Å². The third kappa shape index (κ3) is 3.40. The summed E-state index contributed by atoms with van der Waals surface area (Å²) in [6.07, 6.45) is 0. The van der Waals surface area contributed by atoms with Crippen molar-refractivity contribution in [3.63, 3.8) is 0 Å². The van der Waals surface area contributed by atoms with Crippen molar-refractivity contribution in [2.75, 3.05) is 0 Å². The second-order valence-electron chi connectivity index (χ2n) is 10.4. The maximum absolute atomic E-state index is 6.60. The van der Waals surface area contributed by atoms with E-state index in [1.807, 2.05) is 91.0 Å². The molecule has 0 bridgehead atoms. The van der Waals surface area contributed by atoms with Crippen LogP contribution in [-0.4, -0.2) is 15.0 Å². The fourth-order valence-electron chi connectivity index (χ4n) is 5.98. The Kier molecular flexibility index (Phi) is 4.83. The quantitative estimate of drug-likeness (QED) is 0.224. The van der Waals surface area contributed by atoms with Gasteiger partial charge in [0.25, 0.3) is 0 Å². The van der Waals surface area contributed by atoms with Crippen molar-refractivity contribution in [3.05, 3.63) is 127 Å². The maximum Gasteiger partial charge on any atom is 0.164 e. The van der Waals surface area contributed by atoms with Gasteiger partial charge in [-0.05, 0) is 29.7 Å². The molecule has 0 radical (unpaired) electrons. The number of fused-ring (bicyclic) bond motifs is 10. The number of aromatic nitrogens is 3. The van der Waals surface area contributed by atoms with Crippen LogP contribution in [0, 0.1) is 0 Å². The van der Waals surface area contributed by atoms with Crippen LogP contribution in [0.15, 0.2) is 136 Å². The molecule has 0 fully saturated rings. The second-order valence-corrected chi connectivity index (χ2v) is 10.4. The lowest BCUT2D eigenvalue weighted by Gasteiger charge is -2.08. The minimum atomic E-state index is 0.609. The van der Waals surface area contributed by atoms with E-state index in [0.717, 1.165) is 71.3 Å². The normalized spacial score (nSPS) is 11.8. The summed E-state index contributed by atoms with van der Waals surface area (Å²) in [5, 5.41) is 6.24. The van der Waals surface area contributed by atoms with Crippen molar-refractivity contribution in [2.45, 2.75) is 0 Å². The van der Waals surface area contributed by atoms with Gasteiger partial charge in [0.2, 0.25) is 0 Å². The van der Waals surface area contributed by atoms with Crippen LogP contribution in [0.4, 0.5) is 0 Å². The van der Waals surface area contributed by atoms with Crippen molar-refractivity contribution in [3.8, 4) is 34.2 Å². The standard InChI is InChI=1S/C37H21N3O2/c1-3-11-22(12-4-1)35-38-36(23-13-5-2-6-14-23)40-37(39-35)24-19-20-30-28(21-24)31-25-15-7-8-16-26(25)33-32(34(31)42-30)27-17-9-10-18-29(27)41-33/h1-21H. The fraction of sp³-hybridized carbons (Fsp3) is 0. The Morgan fingerprint density at radius 2 is 0.881 bits per heavy atom. The highest BCUT2D eigenvalue weighted by molar-refractivity contribution is 6.33. The molecule has 0 N–H and O–H groups in total. The summed E-state index contributed by atoms with van der Waals surface area (Å²) in [7, 11) is 0. The molecule has 196 valence electrons. The van der Waals surface area contributed by atoms with Crippen LogP contribution in [0.5, 0.6) is 0 Å². The number of furan rings is 2. The summed E-state index contributed by atoms with van der Waals surface area (Å²) in [6, 6.07) is 42.7. The molecule has 0 amide bonds. The lowest BCUT2D eigenvalue weighted by Crippen LogP contribution is -2.00. The first-order valence-corrected chi connectivity index (χ1v) is 13.9. The zero-order valence-corrected chi connectivity index (χ0v) is 22.3. The van der Waals surface area contributed by atoms with Crippen molar-refractivity contribution in [1.82, 2.24) is 15.0 Å². The first-order chi connectivity index (χ1) is 20.8. The Morgan fingerprint density at radius 1 is 0.357 bits per heavy atom. The molecule has 0 aliphatic heterocycles. The first kappa shape index (κ1) is 22.9. The smallest absolute Gasteiger partial charge is 0.164 e. The van der Waals surface area contributed by atoms with Crippen LogP contribution < -0.4 is 0 Å². The largest absolute Gasteiger partial charge is 0.455 e. The van der Waals surface area contributed by atoms with Crippen molar-refractivity contribution < 1.29 is 8.83 Å². The van der Waals surface area contributed by atoms with Gasteiger partial charge in [0.05, 0.1) is 5.39 Å². The summed E-state index contributed by atoms with van der Waals surface area (Å²) in [5.74, 6) is 1.88. The Morgan fingerprint density at radius 3 is 1.57 bits per heavy atom. The highest BCUT2D eigenvalue weighted by Gasteiger charge is 2.21. The summed E-state index contributed by atoms with van der Waals surface area (Å²) in [4.78, 5) is 14.7. The molecule has 5 heteroatoms. The van der Waals surface area contributed by atoms with Gasteiger partial charge in [0.15, 0.2) is 17.5 Å². The van der Waals surface area contributed by atoms with E-state index in [9.17, 15) is 0 Å². The minimum Gasteiger partial charge on any atom is -0.455 e. The highest BCUT2D eigenvalue weighted by atomic mass is 16.3. The third-order valence-corrected chi connectivity index (χ3v) is 7.91. The number of nitrogens with zero attached hydrogens (tertiary/aromatic N) is 3. The molecule has 0 atom stereocenters. The average molecular weight is 540 g/mol. The molecule has 3 heterocycles. The molecule has 0 saturated heterocycles. The third-order valence-electron chi connectivity index (χ3n) is 7.91. The number of hydrogen-bond donors (Lipinski definition) is 0. The molecule has 5 nitrogen and oxygen atoms in total. The van der Waals surface area contributed by atoms with Gasteiger partial charge in [-0.15, -0.1) is 0 Å². The molecule has 0 spiro atoms. The zero-order valence-electron chi connectivity index (χ0n) is 22.3. The fourth-order valence-corrected chi connectivity index (χ4v) is 5.98. The van der Waals surface area contributed by atoms with Crippen LogP contribution in [0.1, 0.15) is 0 Å². The van der Waals surface area contributed by atoms with E-state index in [1.54, 1.807) is 0 Å². The molecule has 9 aromatic rings. The van der Waals surface area contributed by atoms with E-state index in [0.29, 0.717) is 17.5 Å². The number of benzene rings is 6. The maximum atomic E-state index is 6.60. The SMILES string of the molecule is c1ccc(-c2nc(-c3ccccc3)nc(-c3ccc4oc5c(c4c3)c3ccccc3c3oc4ccccc4c35)n2)cc1. The lowest BCUT2D eigenvalue weighted by atomic mass is 9.99. The first-order valence-electron chi connectivity index (χ1n) is 13.9. The van der Waals surface area contributed by atoms with Gasteiger partial charge < -0.3 is 8.83 Å². The molecular weight excluding hydrogens is 518 g/mol. The summed E-state index contributed by atoms with van der Waals surface area (Å²) >= 11 is 0. The van der Waals surface area contributed by atoms with E-state index in [1.165, 1.54) is 0 Å². The van der Waals surface area contributed by atoms with Crippen LogP contribution in [0.25, 0.3) is 88.8 Å². The van der Waals surface area contributed by atoms with Gasteiger partial charge in [0.1, 0.15) is 22.3 Å². The Bertz CT molecular complexity index is 2400. The van der Waals surface area contributed by atoms with Crippen LogP contribution in [0.3, 0.4) is 0 Å². The van der Waals surface area contributed by atoms with Gasteiger partial charge >= 0.3 is 0 Å². The second kappa shape index (κ2) is 8.85. The van der Waals surface area contributed by atoms with E-state index < -0.39 is 0 Å². The van der Waals surface area contributed by atoms with E-state index >= 15 is 0 Å². The van der Waals surface area contributed by atoms with E-state index in [-0.39, 0.29) is 0 Å². The minimum absolute atomic E-state index is 0.609. The molecule has 3 aromatic heterocycles.